The number of unbranched alkanes of at least 4 members (excludes halogenated alkanes) is 1. The summed E-state index contributed by atoms with van der Waals surface area (Å²) in [5, 5.41) is 9.43. The van der Waals surface area contributed by atoms with E-state index in [9.17, 15) is 19.5 Å². The van der Waals surface area contributed by atoms with Crippen LogP contribution in [0.3, 0.4) is 0 Å². The van der Waals surface area contributed by atoms with E-state index in [2.05, 4.69) is 63.7 Å². The molecule has 1 aliphatic heterocycles. The summed E-state index contributed by atoms with van der Waals surface area (Å²) in [6, 6.07) is -1.17. The summed E-state index contributed by atoms with van der Waals surface area (Å²) in [6.07, 6.45) is 1.62. The van der Waals surface area contributed by atoms with Gasteiger partial charge in [0.15, 0.2) is 0 Å². The van der Waals surface area contributed by atoms with Crippen LogP contribution in [0, 0.1) is 0 Å². The third-order valence-corrected chi connectivity index (χ3v) is 8.33. The molecule has 0 spiro atoms. The van der Waals surface area contributed by atoms with Crippen molar-refractivity contribution in [3.8, 4) is 0 Å². The lowest BCUT2D eigenvalue weighted by Crippen LogP contribution is -2.44. The molecule has 124 valence electrons. The van der Waals surface area contributed by atoms with Gasteiger partial charge in [0.2, 0.25) is 0 Å². The summed E-state index contributed by atoms with van der Waals surface area (Å²) in [5.41, 5.74) is 0.333. The molecule has 1 N–H and O–H groups in total. The molecule has 1 aromatic rings. The predicted octanol–water partition coefficient (Wildman–Crippen LogP) is 4.98. The van der Waals surface area contributed by atoms with Gasteiger partial charge in [-0.05, 0) is 70.1 Å². The highest BCUT2D eigenvalue weighted by Crippen LogP contribution is 2.45. The van der Waals surface area contributed by atoms with E-state index in [1.54, 1.807) is 0 Å². The van der Waals surface area contributed by atoms with Gasteiger partial charge in [0.1, 0.15) is 6.04 Å². The molecule has 9 heteroatoms. The maximum Gasteiger partial charge on any atom is 0.326 e. The Morgan fingerprint density at radius 2 is 1.43 bits per heavy atom. The summed E-state index contributed by atoms with van der Waals surface area (Å²) in [7, 11) is 0. The Morgan fingerprint density at radius 1 is 1.00 bits per heavy atom. The van der Waals surface area contributed by atoms with Crippen LogP contribution >= 0.6 is 63.7 Å². The molecule has 0 aliphatic carbocycles. The van der Waals surface area contributed by atoms with Gasteiger partial charge in [-0.15, -0.1) is 0 Å². The largest absolute Gasteiger partial charge is 0.480 e. The topological polar surface area (TPSA) is 74.7 Å². The van der Waals surface area contributed by atoms with E-state index < -0.39 is 23.8 Å². The number of hydrogen-bond donors (Lipinski definition) is 1. The van der Waals surface area contributed by atoms with Gasteiger partial charge in [-0.1, -0.05) is 19.8 Å². The van der Waals surface area contributed by atoms with Crippen molar-refractivity contribution in [3.63, 3.8) is 0 Å². The number of nitrogens with zero attached hydrogens (tertiary/aromatic N) is 1. The van der Waals surface area contributed by atoms with Gasteiger partial charge in [0.25, 0.3) is 11.8 Å². The Kier molecular flexibility index (Phi) is 6.08. The highest BCUT2D eigenvalue weighted by molar-refractivity contribution is 9.15. The van der Waals surface area contributed by atoms with Crippen LogP contribution in [-0.2, 0) is 4.79 Å². The first kappa shape index (κ1) is 19.1. The second kappa shape index (κ2) is 7.33. The molecule has 5 nitrogen and oxygen atoms in total. The third kappa shape index (κ3) is 3.17. The number of carboxylic acid groups (broad SMARTS) is 1. The van der Waals surface area contributed by atoms with Crippen LogP contribution < -0.4 is 0 Å². The molecule has 0 bridgehead atoms. The number of hydrogen-bond acceptors (Lipinski definition) is 3. The first-order valence-corrected chi connectivity index (χ1v) is 9.87. The molecule has 2 amide bonds. The van der Waals surface area contributed by atoms with E-state index in [1.807, 2.05) is 6.92 Å². The summed E-state index contributed by atoms with van der Waals surface area (Å²) in [6.45, 7) is 1.92. The van der Waals surface area contributed by atoms with Crippen LogP contribution in [0.5, 0.6) is 0 Å². The van der Waals surface area contributed by atoms with E-state index in [4.69, 9.17) is 0 Å². The second-order valence-corrected chi connectivity index (χ2v) is 8.15. The normalized spacial score (nSPS) is 15.1. The number of carboxylic acids is 1. The quantitative estimate of drug-likeness (QED) is 0.305. The fourth-order valence-electron chi connectivity index (χ4n) is 2.41. The molecule has 0 saturated carbocycles. The SMILES string of the molecule is CCCC[C@@H](C(=O)O)N1C(=O)c2c(Br)c(Br)c(Br)c(Br)c2C1=O. The van der Waals surface area contributed by atoms with Crippen molar-refractivity contribution in [2.24, 2.45) is 0 Å². The lowest BCUT2D eigenvalue weighted by molar-refractivity contribution is -0.141. The maximum absolute atomic E-state index is 12.7. The fourth-order valence-corrected chi connectivity index (χ4v) is 4.87. The van der Waals surface area contributed by atoms with Gasteiger partial charge in [-0.3, -0.25) is 14.5 Å². The minimum atomic E-state index is -1.18. The van der Waals surface area contributed by atoms with Gasteiger partial charge < -0.3 is 5.11 Å². The molecule has 0 saturated heterocycles. The maximum atomic E-state index is 12.7. The zero-order valence-corrected chi connectivity index (χ0v) is 18.2. The molecule has 23 heavy (non-hydrogen) atoms. The summed E-state index contributed by atoms with van der Waals surface area (Å²) < 4.78 is 1.99. The zero-order valence-electron chi connectivity index (χ0n) is 11.8. The lowest BCUT2D eigenvalue weighted by atomic mass is 10.1. The molecule has 1 aromatic carbocycles. The van der Waals surface area contributed by atoms with Crippen LogP contribution in [0.25, 0.3) is 0 Å². The van der Waals surface area contributed by atoms with Crippen molar-refractivity contribution in [1.82, 2.24) is 4.90 Å². The van der Waals surface area contributed by atoms with Crippen LogP contribution in [0.4, 0.5) is 0 Å². The second-order valence-electron chi connectivity index (χ2n) is 4.98. The molecular weight excluding hydrogens is 566 g/mol. The van der Waals surface area contributed by atoms with E-state index in [0.717, 1.165) is 11.3 Å². The Morgan fingerprint density at radius 3 is 1.78 bits per heavy atom. The number of carbonyl (C=O) groups excluding carboxylic acids is 2. The van der Waals surface area contributed by atoms with Crippen LogP contribution in [0.15, 0.2) is 17.9 Å². The Bertz CT molecular complexity index is 672. The van der Waals surface area contributed by atoms with E-state index in [0.29, 0.717) is 24.3 Å². The van der Waals surface area contributed by atoms with Crippen LogP contribution in [0.2, 0.25) is 0 Å². The van der Waals surface area contributed by atoms with Crippen LogP contribution in [0.1, 0.15) is 46.9 Å². The number of fused-ring (bicyclic) bond motifs is 1. The highest BCUT2D eigenvalue weighted by atomic mass is 79.9. The number of aliphatic carboxylic acids is 1. The number of halogens is 4. The highest BCUT2D eigenvalue weighted by Gasteiger charge is 2.46. The molecule has 0 fully saturated rings. The first-order chi connectivity index (χ1) is 10.7. The van der Waals surface area contributed by atoms with Crippen molar-refractivity contribution in [1.29, 1.82) is 0 Å². The van der Waals surface area contributed by atoms with Crippen molar-refractivity contribution in [2.75, 3.05) is 0 Å². The number of amides is 2. The summed E-state index contributed by atoms with van der Waals surface area (Å²) in [5.74, 6) is -2.39. The minimum absolute atomic E-state index is 0.166. The zero-order chi connectivity index (χ0) is 17.5. The fraction of sp³-hybridized carbons (Fsp3) is 0.357. The Labute approximate surface area is 166 Å². The molecule has 1 aliphatic rings. The van der Waals surface area contributed by atoms with Gasteiger partial charge in [-0.2, -0.15) is 0 Å². The number of benzene rings is 1. The Hall–Kier alpha value is -0.250. The monoisotopic (exact) mass is 573 g/mol. The molecule has 1 atom stereocenters. The molecular formula is C14H11Br4NO4. The standard InChI is InChI=1S/C14H11Br4NO4/c1-2-3-4-5(14(22)23)19-12(20)6-7(13(19)21)9(16)11(18)10(17)8(6)15/h5H,2-4H2,1H3,(H,22,23)/t5-/m0/s1. The molecule has 1 heterocycles. The van der Waals surface area contributed by atoms with Crippen LogP contribution in [-0.4, -0.2) is 33.8 Å². The Balaban J connectivity index is 2.59. The van der Waals surface area contributed by atoms with Crippen molar-refractivity contribution in [2.45, 2.75) is 32.2 Å². The van der Waals surface area contributed by atoms with E-state index in [-0.39, 0.29) is 17.5 Å². The molecule has 0 unspecified atom stereocenters. The first-order valence-electron chi connectivity index (χ1n) is 6.70. The summed E-state index contributed by atoms with van der Waals surface area (Å²) in [4.78, 5) is 37.8. The van der Waals surface area contributed by atoms with E-state index >= 15 is 0 Å². The smallest absolute Gasteiger partial charge is 0.326 e. The van der Waals surface area contributed by atoms with E-state index in [1.165, 1.54) is 0 Å². The van der Waals surface area contributed by atoms with Gasteiger partial charge >= 0.3 is 5.97 Å². The number of imide groups is 1. The molecule has 2 rings (SSSR count). The van der Waals surface area contributed by atoms with Gasteiger partial charge in [-0.25, -0.2) is 4.79 Å². The van der Waals surface area contributed by atoms with Gasteiger partial charge in [0.05, 0.1) is 11.1 Å². The minimum Gasteiger partial charge on any atom is -0.480 e. The average molecular weight is 577 g/mol. The number of rotatable bonds is 5. The predicted molar refractivity (Wildman–Crippen MR) is 98.7 cm³/mol. The van der Waals surface area contributed by atoms with Gasteiger partial charge in [0, 0.05) is 17.9 Å². The van der Waals surface area contributed by atoms with Crippen molar-refractivity contribution < 1.29 is 19.5 Å². The van der Waals surface area contributed by atoms with Crippen molar-refractivity contribution in [3.05, 3.63) is 29.0 Å². The third-order valence-electron chi connectivity index (χ3n) is 3.56. The molecule has 0 radical (unpaired) electrons. The summed E-state index contributed by atoms with van der Waals surface area (Å²) >= 11 is 13.3. The number of carbonyl (C=O) groups is 3. The van der Waals surface area contributed by atoms with Crippen molar-refractivity contribution >= 4 is 81.5 Å². The lowest BCUT2D eigenvalue weighted by Gasteiger charge is -2.22. The average Bonchev–Trinajstić information content (AvgIpc) is 2.75. The molecule has 0 aromatic heterocycles.